The highest BCUT2D eigenvalue weighted by Gasteiger charge is 2.09. The lowest BCUT2D eigenvalue weighted by atomic mass is 10.2. The van der Waals surface area contributed by atoms with E-state index < -0.39 is 0 Å². The average Bonchev–Trinajstić information content (AvgIpc) is 3.15. The second-order valence-corrected chi connectivity index (χ2v) is 5.34. The quantitative estimate of drug-likeness (QED) is 0.608. The lowest BCUT2D eigenvalue weighted by Gasteiger charge is -1.98. The number of hydrogen-bond donors (Lipinski definition) is 1. The Hall–Kier alpha value is -2.54. The molecule has 0 spiro atoms. The Bertz CT molecular complexity index is 912. The lowest BCUT2D eigenvalue weighted by Crippen LogP contribution is -1.98. The van der Waals surface area contributed by atoms with Gasteiger partial charge in [-0.05, 0) is 51.5 Å². The monoisotopic (exact) mass is 340 g/mol. The Morgan fingerprint density at radius 2 is 2.10 bits per heavy atom. The van der Waals surface area contributed by atoms with Gasteiger partial charge in [-0.15, -0.1) is 15.0 Å². The van der Waals surface area contributed by atoms with Crippen molar-refractivity contribution in [1.82, 2.24) is 30.2 Å². The number of tetrazole rings is 1. The normalized spacial score (nSPS) is 11.1. The van der Waals surface area contributed by atoms with Crippen molar-refractivity contribution in [1.29, 1.82) is 0 Å². The molecule has 6 nitrogen and oxygen atoms in total. The molecular weight excluding hydrogens is 332 g/mol. The highest BCUT2D eigenvalue weighted by molar-refractivity contribution is 9.10. The smallest absolute Gasteiger partial charge is 0.223 e. The summed E-state index contributed by atoms with van der Waals surface area (Å²) in [4.78, 5) is 8.90. The number of rotatable bonds is 2. The molecule has 0 atom stereocenters. The third-order valence-corrected chi connectivity index (χ3v) is 3.81. The van der Waals surface area contributed by atoms with Crippen LogP contribution in [-0.2, 0) is 0 Å². The first-order chi connectivity index (χ1) is 10.3. The van der Waals surface area contributed by atoms with Gasteiger partial charge in [-0.25, -0.2) is 0 Å². The van der Waals surface area contributed by atoms with E-state index in [0.717, 1.165) is 21.1 Å². The minimum atomic E-state index is 0.503. The van der Waals surface area contributed by atoms with Crippen LogP contribution >= 0.6 is 15.9 Å². The van der Waals surface area contributed by atoms with Crippen LogP contribution in [0.3, 0.4) is 0 Å². The average molecular weight is 341 g/mol. The summed E-state index contributed by atoms with van der Waals surface area (Å²) >= 11 is 3.49. The van der Waals surface area contributed by atoms with E-state index in [2.05, 4.69) is 41.3 Å². The predicted molar refractivity (Wildman–Crippen MR) is 81.9 cm³/mol. The van der Waals surface area contributed by atoms with E-state index >= 15 is 0 Å². The molecule has 3 aromatic heterocycles. The molecule has 0 unspecified atom stereocenters. The van der Waals surface area contributed by atoms with Crippen molar-refractivity contribution in [3.8, 4) is 17.2 Å². The van der Waals surface area contributed by atoms with Crippen LogP contribution in [0.2, 0.25) is 0 Å². The zero-order chi connectivity index (χ0) is 14.2. The Balaban J connectivity index is 1.77. The van der Waals surface area contributed by atoms with Crippen molar-refractivity contribution in [2.24, 2.45) is 0 Å². The Morgan fingerprint density at radius 3 is 2.95 bits per heavy atom. The van der Waals surface area contributed by atoms with Crippen LogP contribution in [-0.4, -0.2) is 30.2 Å². The van der Waals surface area contributed by atoms with Crippen molar-refractivity contribution in [3.05, 3.63) is 53.3 Å². The molecule has 3 heterocycles. The van der Waals surface area contributed by atoms with E-state index in [0.29, 0.717) is 11.5 Å². The van der Waals surface area contributed by atoms with Crippen molar-refractivity contribution in [2.75, 3.05) is 0 Å². The fourth-order valence-corrected chi connectivity index (χ4v) is 2.58. The number of nitrogens with one attached hydrogen (secondary N) is 1. The van der Waals surface area contributed by atoms with Crippen molar-refractivity contribution in [3.63, 3.8) is 0 Å². The summed E-state index contributed by atoms with van der Waals surface area (Å²) in [5.41, 5.74) is 2.55. The van der Waals surface area contributed by atoms with Crippen LogP contribution in [0.1, 0.15) is 0 Å². The summed E-state index contributed by atoms with van der Waals surface area (Å²) in [6, 6.07) is 11.5. The second kappa shape index (κ2) is 4.78. The number of pyridine rings is 1. The molecule has 0 aliphatic heterocycles. The van der Waals surface area contributed by atoms with E-state index in [1.807, 2.05) is 42.6 Å². The van der Waals surface area contributed by atoms with Gasteiger partial charge in [0.1, 0.15) is 5.69 Å². The summed E-state index contributed by atoms with van der Waals surface area (Å²) < 4.78 is 1.03. The largest absolute Gasteiger partial charge is 0.360 e. The second-order valence-electron chi connectivity index (χ2n) is 4.48. The Kier molecular flexibility index (Phi) is 2.78. The predicted octanol–water partition coefficient (Wildman–Crippen LogP) is 2.97. The molecule has 4 rings (SSSR count). The number of fused-ring (bicyclic) bond motifs is 1. The maximum atomic E-state index is 4.37. The van der Waals surface area contributed by atoms with E-state index in [1.54, 1.807) is 6.20 Å². The molecule has 21 heavy (non-hydrogen) atoms. The minimum absolute atomic E-state index is 0.503. The van der Waals surface area contributed by atoms with Gasteiger partial charge in [0.15, 0.2) is 0 Å². The van der Waals surface area contributed by atoms with Gasteiger partial charge >= 0.3 is 0 Å². The number of hydrogen-bond acceptors (Lipinski definition) is 4. The van der Waals surface area contributed by atoms with Gasteiger partial charge in [0, 0.05) is 27.8 Å². The molecule has 102 valence electrons. The molecule has 0 fully saturated rings. The highest BCUT2D eigenvalue weighted by Crippen LogP contribution is 2.25. The molecule has 0 aliphatic rings. The van der Waals surface area contributed by atoms with Gasteiger partial charge in [-0.3, -0.25) is 4.98 Å². The molecule has 0 saturated heterocycles. The standard InChI is InChI=1S/C14H9BrN6/c15-11-8-17-13-7-9(4-5-10(11)13)21-19-14(18-20-21)12-3-1-2-6-16-12/h1-8,17H. The first-order valence-corrected chi connectivity index (χ1v) is 7.09. The third kappa shape index (κ3) is 2.11. The molecule has 0 radical (unpaired) electrons. The Morgan fingerprint density at radius 1 is 1.14 bits per heavy atom. The van der Waals surface area contributed by atoms with Gasteiger partial charge in [0.25, 0.3) is 0 Å². The summed E-state index contributed by atoms with van der Waals surface area (Å²) in [6.07, 6.45) is 3.61. The van der Waals surface area contributed by atoms with Crippen molar-refractivity contribution >= 4 is 26.8 Å². The molecule has 0 bridgehead atoms. The molecule has 1 N–H and O–H groups in total. The molecule has 0 saturated carbocycles. The SMILES string of the molecule is Brc1c[nH]c2cc(-n3nnc(-c4ccccn4)n3)ccc12. The van der Waals surface area contributed by atoms with Crippen LogP contribution in [0.15, 0.2) is 53.3 Å². The van der Waals surface area contributed by atoms with Crippen LogP contribution in [0, 0.1) is 0 Å². The number of halogens is 1. The maximum absolute atomic E-state index is 4.37. The number of benzene rings is 1. The zero-order valence-electron chi connectivity index (χ0n) is 10.7. The van der Waals surface area contributed by atoms with E-state index in [-0.39, 0.29) is 0 Å². The molecule has 0 aliphatic carbocycles. The molecule has 4 aromatic rings. The fourth-order valence-electron chi connectivity index (χ4n) is 2.12. The van der Waals surface area contributed by atoms with Gasteiger partial charge in [-0.2, -0.15) is 0 Å². The van der Waals surface area contributed by atoms with Crippen LogP contribution in [0.5, 0.6) is 0 Å². The number of H-pyrrole nitrogens is 1. The molecule has 1 aromatic carbocycles. The first-order valence-electron chi connectivity index (χ1n) is 6.30. The maximum Gasteiger partial charge on any atom is 0.223 e. The summed E-state index contributed by atoms with van der Waals surface area (Å²) in [6.45, 7) is 0. The van der Waals surface area contributed by atoms with Crippen molar-refractivity contribution in [2.45, 2.75) is 0 Å². The lowest BCUT2D eigenvalue weighted by molar-refractivity contribution is 0.720. The fraction of sp³-hybridized carbons (Fsp3) is 0. The number of aromatic amines is 1. The molecular formula is C14H9BrN6. The Labute approximate surface area is 128 Å². The van der Waals surface area contributed by atoms with E-state index in [4.69, 9.17) is 0 Å². The molecule has 7 heteroatoms. The van der Waals surface area contributed by atoms with Gasteiger partial charge in [-0.1, -0.05) is 6.07 Å². The van der Waals surface area contributed by atoms with Crippen molar-refractivity contribution < 1.29 is 0 Å². The minimum Gasteiger partial charge on any atom is -0.360 e. The van der Waals surface area contributed by atoms with E-state index in [9.17, 15) is 0 Å². The zero-order valence-corrected chi connectivity index (χ0v) is 12.3. The molecule has 0 amide bonds. The summed E-state index contributed by atoms with van der Waals surface area (Å²) in [5.74, 6) is 0.503. The van der Waals surface area contributed by atoms with Crippen LogP contribution in [0.4, 0.5) is 0 Å². The topological polar surface area (TPSA) is 72.3 Å². The van der Waals surface area contributed by atoms with Gasteiger partial charge in [0.2, 0.25) is 5.82 Å². The summed E-state index contributed by atoms with van der Waals surface area (Å²) in [5, 5.41) is 13.6. The number of aromatic nitrogens is 6. The van der Waals surface area contributed by atoms with Gasteiger partial charge < -0.3 is 4.98 Å². The van der Waals surface area contributed by atoms with Gasteiger partial charge in [0.05, 0.1) is 5.69 Å². The van der Waals surface area contributed by atoms with Crippen LogP contribution in [0.25, 0.3) is 28.1 Å². The third-order valence-electron chi connectivity index (χ3n) is 3.15. The van der Waals surface area contributed by atoms with E-state index in [1.165, 1.54) is 4.80 Å². The van der Waals surface area contributed by atoms with Crippen LogP contribution < -0.4 is 0 Å². The highest BCUT2D eigenvalue weighted by atomic mass is 79.9. The first kappa shape index (κ1) is 12.2. The number of nitrogens with zero attached hydrogens (tertiary/aromatic N) is 5. The summed E-state index contributed by atoms with van der Waals surface area (Å²) in [7, 11) is 0.